The molecule has 2 aromatic rings. The highest BCUT2D eigenvalue weighted by molar-refractivity contribution is 7.92. The Morgan fingerprint density at radius 2 is 1.91 bits per heavy atom. The van der Waals surface area contributed by atoms with E-state index in [0.29, 0.717) is 0 Å². The standard InChI is InChI=1S/C13H12N2O6S/c1-21-12-7-6-9(8-11(12)16)14-22(19,20)13-5-3-2-4-10(13)15(17)18/h2-8,14,16H,1H3. The molecule has 116 valence electrons. The van der Waals surface area contributed by atoms with Crippen molar-refractivity contribution in [1.29, 1.82) is 0 Å². The summed E-state index contributed by atoms with van der Waals surface area (Å²) >= 11 is 0. The van der Waals surface area contributed by atoms with Gasteiger partial charge in [0.25, 0.3) is 15.7 Å². The lowest BCUT2D eigenvalue weighted by Gasteiger charge is -2.10. The zero-order valence-corrected chi connectivity index (χ0v) is 12.2. The van der Waals surface area contributed by atoms with Crippen molar-refractivity contribution in [2.75, 3.05) is 11.8 Å². The van der Waals surface area contributed by atoms with E-state index in [1.165, 1.54) is 31.4 Å². The maximum absolute atomic E-state index is 12.3. The zero-order chi connectivity index (χ0) is 16.3. The molecule has 0 aliphatic carbocycles. The van der Waals surface area contributed by atoms with Crippen molar-refractivity contribution in [3.05, 3.63) is 52.6 Å². The number of ether oxygens (including phenoxy) is 1. The number of methoxy groups -OCH3 is 1. The topological polar surface area (TPSA) is 119 Å². The van der Waals surface area contributed by atoms with Crippen LogP contribution in [0.1, 0.15) is 0 Å². The second kappa shape index (κ2) is 5.90. The SMILES string of the molecule is COc1ccc(NS(=O)(=O)c2ccccc2[N+](=O)[O-])cc1O. The Balaban J connectivity index is 2.40. The molecule has 0 unspecified atom stereocenters. The lowest BCUT2D eigenvalue weighted by molar-refractivity contribution is -0.387. The van der Waals surface area contributed by atoms with Crippen LogP contribution in [0.3, 0.4) is 0 Å². The van der Waals surface area contributed by atoms with Crippen molar-refractivity contribution in [3.8, 4) is 11.5 Å². The van der Waals surface area contributed by atoms with E-state index in [1.54, 1.807) is 0 Å². The van der Waals surface area contributed by atoms with Crippen molar-refractivity contribution in [1.82, 2.24) is 0 Å². The molecule has 0 radical (unpaired) electrons. The molecule has 2 N–H and O–H groups in total. The van der Waals surface area contributed by atoms with E-state index < -0.39 is 25.5 Å². The van der Waals surface area contributed by atoms with Crippen LogP contribution in [-0.2, 0) is 10.0 Å². The third-order valence-corrected chi connectivity index (χ3v) is 4.21. The number of hydrogen-bond acceptors (Lipinski definition) is 6. The Morgan fingerprint density at radius 3 is 2.50 bits per heavy atom. The first-order valence-corrected chi connectivity index (χ1v) is 7.46. The third kappa shape index (κ3) is 3.09. The van der Waals surface area contributed by atoms with E-state index in [0.717, 1.165) is 18.2 Å². The van der Waals surface area contributed by atoms with Gasteiger partial charge in [-0.25, -0.2) is 8.42 Å². The van der Waals surface area contributed by atoms with Gasteiger partial charge in [0, 0.05) is 12.1 Å². The summed E-state index contributed by atoms with van der Waals surface area (Å²) in [7, 11) is -2.82. The van der Waals surface area contributed by atoms with Gasteiger partial charge in [-0.1, -0.05) is 12.1 Å². The molecule has 0 heterocycles. The van der Waals surface area contributed by atoms with Gasteiger partial charge in [0.2, 0.25) is 0 Å². The number of para-hydroxylation sites is 1. The Morgan fingerprint density at radius 1 is 1.23 bits per heavy atom. The van der Waals surface area contributed by atoms with Crippen LogP contribution in [0.2, 0.25) is 0 Å². The lowest BCUT2D eigenvalue weighted by Crippen LogP contribution is -2.14. The summed E-state index contributed by atoms with van der Waals surface area (Å²) in [5.41, 5.74) is -0.482. The fourth-order valence-corrected chi connectivity index (χ4v) is 3.02. The van der Waals surface area contributed by atoms with Gasteiger partial charge < -0.3 is 9.84 Å². The van der Waals surface area contributed by atoms with Crippen molar-refractivity contribution in [3.63, 3.8) is 0 Å². The number of nitro groups is 1. The number of hydrogen-bond donors (Lipinski definition) is 2. The molecular formula is C13H12N2O6S. The van der Waals surface area contributed by atoms with Crippen molar-refractivity contribution in [2.45, 2.75) is 4.90 Å². The van der Waals surface area contributed by atoms with E-state index in [2.05, 4.69) is 4.72 Å². The lowest BCUT2D eigenvalue weighted by atomic mass is 10.3. The number of nitro benzene ring substituents is 1. The number of phenolic OH excluding ortho intramolecular Hbond substituents is 1. The van der Waals surface area contributed by atoms with Gasteiger partial charge in [-0.2, -0.15) is 0 Å². The van der Waals surface area contributed by atoms with Crippen LogP contribution >= 0.6 is 0 Å². The monoisotopic (exact) mass is 324 g/mol. The molecule has 9 heteroatoms. The Kier molecular flexibility index (Phi) is 4.18. The van der Waals surface area contributed by atoms with Crippen LogP contribution in [0.5, 0.6) is 11.5 Å². The fourth-order valence-electron chi connectivity index (χ4n) is 1.80. The molecular weight excluding hydrogens is 312 g/mol. The van der Waals surface area contributed by atoms with Crippen LogP contribution in [0.25, 0.3) is 0 Å². The van der Waals surface area contributed by atoms with E-state index in [1.807, 2.05) is 0 Å². The molecule has 0 saturated heterocycles. The predicted molar refractivity (Wildman–Crippen MR) is 78.6 cm³/mol. The fraction of sp³-hybridized carbons (Fsp3) is 0.0769. The van der Waals surface area contributed by atoms with Gasteiger partial charge in [-0.15, -0.1) is 0 Å². The van der Waals surface area contributed by atoms with Gasteiger partial charge in [0.15, 0.2) is 16.4 Å². The van der Waals surface area contributed by atoms with Crippen LogP contribution < -0.4 is 9.46 Å². The van der Waals surface area contributed by atoms with Crippen LogP contribution in [0.4, 0.5) is 11.4 Å². The Bertz CT molecular complexity index is 819. The number of sulfonamides is 1. The Hall–Kier alpha value is -2.81. The largest absolute Gasteiger partial charge is 0.504 e. The quantitative estimate of drug-likeness (QED) is 0.642. The summed E-state index contributed by atoms with van der Waals surface area (Å²) in [4.78, 5) is 9.67. The molecule has 0 aliphatic rings. The predicted octanol–water partition coefficient (Wildman–Crippen LogP) is 2.11. The smallest absolute Gasteiger partial charge is 0.289 e. The Labute approximate surface area is 126 Å². The van der Waals surface area contributed by atoms with Crippen LogP contribution in [0.15, 0.2) is 47.4 Å². The number of nitrogens with one attached hydrogen (secondary N) is 1. The number of nitrogens with zero attached hydrogens (tertiary/aromatic N) is 1. The number of benzene rings is 2. The van der Waals surface area contributed by atoms with Gasteiger partial charge in [0.1, 0.15) is 0 Å². The molecule has 0 fully saturated rings. The first-order chi connectivity index (χ1) is 10.3. The highest BCUT2D eigenvalue weighted by Crippen LogP contribution is 2.31. The van der Waals surface area contributed by atoms with Gasteiger partial charge in [-0.3, -0.25) is 14.8 Å². The summed E-state index contributed by atoms with van der Waals surface area (Å²) < 4.78 is 31.6. The summed E-state index contributed by atoms with van der Waals surface area (Å²) in [5.74, 6) is -0.0844. The van der Waals surface area contributed by atoms with Crippen molar-refractivity contribution >= 4 is 21.4 Å². The molecule has 0 atom stereocenters. The molecule has 2 aromatic carbocycles. The maximum Gasteiger partial charge on any atom is 0.289 e. The average Bonchev–Trinajstić information content (AvgIpc) is 2.47. The van der Waals surface area contributed by atoms with Crippen LogP contribution in [-0.4, -0.2) is 25.6 Å². The summed E-state index contributed by atoms with van der Waals surface area (Å²) in [6.07, 6.45) is 0. The third-order valence-electron chi connectivity index (χ3n) is 2.78. The second-order valence-electron chi connectivity index (χ2n) is 4.22. The molecule has 8 nitrogen and oxygen atoms in total. The minimum atomic E-state index is -4.17. The van der Waals surface area contributed by atoms with Crippen molar-refractivity contribution in [2.24, 2.45) is 0 Å². The molecule has 0 aliphatic heterocycles. The number of anilines is 1. The van der Waals surface area contributed by atoms with E-state index in [9.17, 15) is 23.6 Å². The van der Waals surface area contributed by atoms with E-state index >= 15 is 0 Å². The first kappa shape index (κ1) is 15.6. The van der Waals surface area contributed by atoms with E-state index in [-0.39, 0.29) is 17.2 Å². The maximum atomic E-state index is 12.3. The molecule has 0 saturated carbocycles. The molecule has 0 spiro atoms. The second-order valence-corrected chi connectivity index (χ2v) is 5.87. The summed E-state index contributed by atoms with van der Waals surface area (Å²) in [5, 5.41) is 20.5. The van der Waals surface area contributed by atoms with E-state index in [4.69, 9.17) is 4.74 Å². The van der Waals surface area contributed by atoms with Gasteiger partial charge >= 0.3 is 0 Å². The number of aromatic hydroxyl groups is 1. The normalized spacial score (nSPS) is 11.0. The molecule has 22 heavy (non-hydrogen) atoms. The number of rotatable bonds is 5. The number of phenols is 1. The first-order valence-electron chi connectivity index (χ1n) is 5.98. The van der Waals surface area contributed by atoms with Crippen molar-refractivity contribution < 1.29 is 23.2 Å². The summed E-state index contributed by atoms with van der Waals surface area (Å²) in [6.45, 7) is 0. The molecule has 0 amide bonds. The highest BCUT2D eigenvalue weighted by atomic mass is 32.2. The minimum absolute atomic E-state index is 0.0523. The van der Waals surface area contributed by atoms with Gasteiger partial charge in [0.05, 0.1) is 17.7 Å². The highest BCUT2D eigenvalue weighted by Gasteiger charge is 2.25. The minimum Gasteiger partial charge on any atom is -0.504 e. The average molecular weight is 324 g/mol. The van der Waals surface area contributed by atoms with Gasteiger partial charge in [-0.05, 0) is 18.2 Å². The zero-order valence-electron chi connectivity index (χ0n) is 11.4. The van der Waals surface area contributed by atoms with Crippen LogP contribution in [0, 0.1) is 10.1 Å². The molecule has 0 bridgehead atoms. The summed E-state index contributed by atoms with van der Waals surface area (Å²) in [6, 6.07) is 8.86. The molecule has 0 aromatic heterocycles. The molecule has 2 rings (SSSR count).